The molecule has 0 aromatic heterocycles. The Morgan fingerprint density at radius 2 is 1.95 bits per heavy atom. The molecule has 9 heteroatoms. The van der Waals surface area contributed by atoms with E-state index in [0.717, 1.165) is 0 Å². The van der Waals surface area contributed by atoms with Crippen LogP contribution in [0.3, 0.4) is 0 Å². The molecule has 0 fully saturated rings. The second-order valence-electron chi connectivity index (χ2n) is 4.13. The van der Waals surface area contributed by atoms with Crippen LogP contribution in [0.4, 0.5) is 5.69 Å². The molecule has 1 heterocycles. The fourth-order valence-electron chi connectivity index (χ4n) is 1.92. The molecule has 108 valence electrons. The molecule has 3 unspecified atom stereocenters. The third-order valence-electron chi connectivity index (χ3n) is 2.69. The third-order valence-corrected chi connectivity index (χ3v) is 3.79. The second-order valence-corrected chi connectivity index (χ2v) is 6.00. The van der Waals surface area contributed by atoms with E-state index in [1.165, 1.54) is 0 Å². The molecular formula is C11H12N2O5S2. The van der Waals surface area contributed by atoms with Crippen molar-refractivity contribution in [3.63, 3.8) is 0 Å². The molecule has 1 aromatic rings. The number of hydrogen-bond acceptors (Lipinski definition) is 5. The lowest BCUT2D eigenvalue weighted by Gasteiger charge is -2.22. The third kappa shape index (κ3) is 3.57. The van der Waals surface area contributed by atoms with E-state index in [9.17, 15) is 13.2 Å². The van der Waals surface area contributed by atoms with Crippen molar-refractivity contribution in [3.05, 3.63) is 29.3 Å². The monoisotopic (exact) mass is 316 g/mol. The number of hydrogen-bond donors (Lipinski definition) is 3. The number of carbonyl (C=O) groups is 1. The van der Waals surface area contributed by atoms with Gasteiger partial charge in [0, 0.05) is 11.3 Å². The fraction of sp³-hybridized carbons (Fsp3) is 0.273. The van der Waals surface area contributed by atoms with Crippen LogP contribution in [0.5, 0.6) is 0 Å². The smallest absolute Gasteiger partial charge is 0.160 e. The van der Waals surface area contributed by atoms with E-state index in [2.05, 4.69) is 10.3 Å². The van der Waals surface area contributed by atoms with Crippen LogP contribution in [-0.4, -0.2) is 35.4 Å². The van der Waals surface area contributed by atoms with Gasteiger partial charge in [0.1, 0.15) is 23.9 Å². The van der Waals surface area contributed by atoms with E-state index in [-0.39, 0.29) is 17.3 Å². The van der Waals surface area contributed by atoms with Gasteiger partial charge in [-0.2, -0.15) is 0 Å². The minimum Gasteiger partial charge on any atom is -0.343 e. The second kappa shape index (κ2) is 6.35. The van der Waals surface area contributed by atoms with Gasteiger partial charge in [-0.3, -0.25) is 4.99 Å². The molecule has 1 aromatic carbocycles. The summed E-state index contributed by atoms with van der Waals surface area (Å²) in [4.78, 5) is 15.2. The number of aldehydes is 1. The topological polar surface area (TPSA) is 116 Å². The summed E-state index contributed by atoms with van der Waals surface area (Å²) in [5.41, 5.74) is 1.79. The normalized spacial score (nSPS) is 20.3. The molecule has 0 bridgehead atoms. The molecule has 0 radical (unpaired) electrons. The lowest BCUT2D eigenvalue weighted by Crippen LogP contribution is -2.26. The van der Waals surface area contributed by atoms with E-state index in [1.807, 2.05) is 0 Å². The van der Waals surface area contributed by atoms with Crippen LogP contribution in [0.15, 0.2) is 23.2 Å². The Bertz CT molecular complexity index is 617. The van der Waals surface area contributed by atoms with Crippen LogP contribution in [-0.2, 0) is 32.7 Å². The predicted octanol–water partition coefficient (Wildman–Crippen LogP) is 0.694. The molecule has 0 aliphatic carbocycles. The Morgan fingerprint density at radius 3 is 2.55 bits per heavy atom. The highest BCUT2D eigenvalue weighted by molar-refractivity contribution is 7.80. The summed E-state index contributed by atoms with van der Waals surface area (Å²) in [6.07, 6.45) is 0.625. The molecule has 0 spiro atoms. The summed E-state index contributed by atoms with van der Waals surface area (Å²) in [7, 11) is 0. The molecule has 0 saturated carbocycles. The number of nitrogens with one attached hydrogen (secondary N) is 1. The molecule has 20 heavy (non-hydrogen) atoms. The van der Waals surface area contributed by atoms with E-state index >= 15 is 0 Å². The first-order chi connectivity index (χ1) is 9.49. The number of benzene rings is 1. The largest absolute Gasteiger partial charge is 0.343 e. The van der Waals surface area contributed by atoms with Crippen molar-refractivity contribution in [2.45, 2.75) is 11.8 Å². The van der Waals surface area contributed by atoms with Gasteiger partial charge in [-0.25, -0.2) is 8.42 Å². The summed E-state index contributed by atoms with van der Waals surface area (Å²) < 4.78 is 39.3. The first-order valence-corrected chi connectivity index (χ1v) is 8.11. The first-order valence-electron chi connectivity index (χ1n) is 5.56. The van der Waals surface area contributed by atoms with Crippen molar-refractivity contribution in [3.8, 4) is 0 Å². The minimum absolute atomic E-state index is 0.0317. The van der Waals surface area contributed by atoms with Crippen molar-refractivity contribution in [1.29, 1.82) is 0 Å². The van der Waals surface area contributed by atoms with Crippen LogP contribution in [0, 0.1) is 0 Å². The number of rotatable bonds is 5. The molecular weight excluding hydrogens is 304 g/mol. The van der Waals surface area contributed by atoms with E-state index in [4.69, 9.17) is 9.11 Å². The van der Waals surface area contributed by atoms with E-state index < -0.39 is 28.2 Å². The fourth-order valence-corrected chi connectivity index (χ4v) is 2.77. The number of aliphatic imine (C=N–C) groups is 1. The molecule has 0 amide bonds. The van der Waals surface area contributed by atoms with E-state index in [0.29, 0.717) is 23.1 Å². The molecule has 0 saturated heterocycles. The predicted molar refractivity (Wildman–Crippen MR) is 76.4 cm³/mol. The lowest BCUT2D eigenvalue weighted by atomic mass is 10.0. The van der Waals surface area contributed by atoms with Crippen LogP contribution in [0.25, 0.3) is 0 Å². The highest BCUT2D eigenvalue weighted by Gasteiger charge is 2.22. The lowest BCUT2D eigenvalue weighted by molar-refractivity contribution is -0.108. The van der Waals surface area contributed by atoms with E-state index in [1.54, 1.807) is 18.2 Å². The van der Waals surface area contributed by atoms with Crippen LogP contribution < -0.4 is 5.32 Å². The Labute approximate surface area is 120 Å². The van der Waals surface area contributed by atoms with Crippen molar-refractivity contribution >= 4 is 40.0 Å². The van der Waals surface area contributed by atoms with Crippen molar-refractivity contribution in [2.75, 3.05) is 11.1 Å². The summed E-state index contributed by atoms with van der Waals surface area (Å²) in [6.45, 7) is 0. The molecule has 7 nitrogen and oxygen atoms in total. The number of amidine groups is 1. The molecule has 1 aliphatic heterocycles. The minimum atomic E-state index is -2.05. The number of nitrogens with zero attached hydrogens (tertiary/aromatic N) is 1. The summed E-state index contributed by atoms with van der Waals surface area (Å²) in [5.74, 6) is 0.0383. The Kier molecular flexibility index (Phi) is 4.76. The van der Waals surface area contributed by atoms with Gasteiger partial charge in [0.15, 0.2) is 22.2 Å². The van der Waals surface area contributed by atoms with Crippen molar-refractivity contribution in [2.24, 2.45) is 4.99 Å². The van der Waals surface area contributed by atoms with Gasteiger partial charge in [-0.1, -0.05) is 12.1 Å². The first kappa shape index (κ1) is 15.0. The number of anilines is 1. The van der Waals surface area contributed by atoms with Crippen LogP contribution >= 0.6 is 0 Å². The van der Waals surface area contributed by atoms with Crippen molar-refractivity contribution in [1.82, 2.24) is 0 Å². The maximum atomic E-state index is 11.1. The zero-order chi connectivity index (χ0) is 14.7. The summed E-state index contributed by atoms with van der Waals surface area (Å²) in [6, 6.07) is 4.16. The average molecular weight is 316 g/mol. The summed E-state index contributed by atoms with van der Waals surface area (Å²) in [5, 5.41) is 2.87. The highest BCUT2D eigenvalue weighted by Crippen LogP contribution is 2.30. The van der Waals surface area contributed by atoms with Crippen LogP contribution in [0.1, 0.15) is 17.2 Å². The Hall–Kier alpha value is -1.42. The Balaban J connectivity index is 2.33. The molecule has 3 N–H and O–H groups in total. The van der Waals surface area contributed by atoms with Crippen molar-refractivity contribution < 1.29 is 22.3 Å². The number of fused-ring (bicyclic) bond motifs is 1. The van der Waals surface area contributed by atoms with Crippen LogP contribution in [0.2, 0.25) is 0 Å². The number of carbonyl (C=O) groups excluding carboxylic acids is 1. The average Bonchev–Trinajstić information content (AvgIpc) is 2.36. The van der Waals surface area contributed by atoms with Gasteiger partial charge in [-0.15, -0.1) is 0 Å². The SMILES string of the molecule is O=CC1N=C(CS(=O)O)Nc2ccc(CS(=O)O)cc21. The Morgan fingerprint density at radius 1 is 1.25 bits per heavy atom. The zero-order valence-corrected chi connectivity index (χ0v) is 11.8. The standard InChI is InChI=1S/C11H12N2O5S2/c14-4-10-8-3-7(5-19(15)16)1-2-9(8)12-11(13-10)6-20(17)18/h1-4,10H,5-6H2,(H,12,13)(H,15,16)(H,17,18). The molecule has 3 atom stereocenters. The van der Waals surface area contributed by atoms with Gasteiger partial charge in [0.05, 0.1) is 5.75 Å². The van der Waals surface area contributed by atoms with Gasteiger partial charge >= 0.3 is 0 Å². The quantitative estimate of drug-likeness (QED) is 0.544. The zero-order valence-electron chi connectivity index (χ0n) is 10.2. The van der Waals surface area contributed by atoms with Gasteiger partial charge in [0.2, 0.25) is 0 Å². The van der Waals surface area contributed by atoms with Gasteiger partial charge in [-0.05, 0) is 11.6 Å². The highest BCUT2D eigenvalue weighted by atomic mass is 32.2. The molecule has 2 rings (SSSR count). The molecule has 1 aliphatic rings. The summed E-state index contributed by atoms with van der Waals surface area (Å²) >= 11 is -4.01. The maximum Gasteiger partial charge on any atom is 0.160 e. The maximum absolute atomic E-state index is 11.1. The van der Waals surface area contributed by atoms with Gasteiger partial charge < -0.3 is 19.2 Å². The van der Waals surface area contributed by atoms with Gasteiger partial charge in [0.25, 0.3) is 0 Å².